The van der Waals surface area contributed by atoms with Gasteiger partial charge in [0.2, 0.25) is 5.91 Å². The zero-order valence-corrected chi connectivity index (χ0v) is 19.7. The Morgan fingerprint density at radius 1 is 1.15 bits per heavy atom. The van der Waals surface area contributed by atoms with Crippen molar-refractivity contribution in [2.24, 2.45) is 0 Å². The third kappa shape index (κ3) is 5.43. The topological polar surface area (TPSA) is 110 Å². The fourth-order valence-corrected chi connectivity index (χ4v) is 4.52. The molecule has 0 atom stereocenters. The molecule has 1 N–H and O–H groups in total. The van der Waals surface area contributed by atoms with Crippen molar-refractivity contribution in [1.29, 1.82) is 0 Å². The van der Waals surface area contributed by atoms with Crippen molar-refractivity contribution in [2.45, 2.75) is 0 Å². The maximum absolute atomic E-state index is 12.6. The van der Waals surface area contributed by atoms with E-state index in [0.717, 1.165) is 11.3 Å². The number of nitro benzene ring substituents is 1. The minimum Gasteiger partial charge on any atom is -0.497 e. The first-order valence-corrected chi connectivity index (χ1v) is 11.5. The molecule has 178 valence electrons. The van der Waals surface area contributed by atoms with Crippen LogP contribution in [-0.2, 0) is 4.79 Å². The largest absolute Gasteiger partial charge is 0.497 e. The molecule has 4 rings (SSSR count). The van der Waals surface area contributed by atoms with E-state index in [2.05, 4.69) is 20.1 Å². The Labute approximate surface area is 200 Å². The van der Waals surface area contributed by atoms with E-state index in [1.165, 1.54) is 17.4 Å². The number of anilines is 2. The number of nitro groups is 1. The van der Waals surface area contributed by atoms with Gasteiger partial charge in [-0.05, 0) is 18.2 Å². The van der Waals surface area contributed by atoms with Crippen LogP contribution >= 0.6 is 11.3 Å². The Morgan fingerprint density at radius 3 is 2.65 bits per heavy atom. The summed E-state index contributed by atoms with van der Waals surface area (Å²) in [7, 11) is 3.19. The van der Waals surface area contributed by atoms with E-state index in [1.54, 1.807) is 32.4 Å². The highest BCUT2D eigenvalue weighted by molar-refractivity contribution is 7.14. The standard InChI is InChI=1S/C23H25N5O5S/c1-32-18-6-7-19(21(13-18)33-2)20-15-34-23(24-20)25-22(29)14-26-8-10-27(11-9-26)16-4-3-5-17(12-16)28(30)31/h3-7,12-13,15H,8-11,14H2,1-2H3,(H,24,25,29). The first kappa shape index (κ1) is 23.5. The molecule has 1 aliphatic heterocycles. The number of rotatable bonds is 8. The van der Waals surface area contributed by atoms with E-state index in [4.69, 9.17) is 9.47 Å². The van der Waals surface area contributed by atoms with Gasteiger partial charge < -0.3 is 19.7 Å². The molecule has 0 radical (unpaired) electrons. The van der Waals surface area contributed by atoms with E-state index in [1.807, 2.05) is 23.6 Å². The van der Waals surface area contributed by atoms with Crippen LogP contribution in [0.1, 0.15) is 0 Å². The third-order valence-corrected chi connectivity index (χ3v) is 6.34. The number of thiazole rings is 1. The molecule has 0 aliphatic carbocycles. The van der Waals surface area contributed by atoms with Crippen molar-refractivity contribution in [3.05, 3.63) is 58.0 Å². The van der Waals surface area contributed by atoms with Crippen molar-refractivity contribution in [1.82, 2.24) is 9.88 Å². The summed E-state index contributed by atoms with van der Waals surface area (Å²) in [6.45, 7) is 2.99. The number of methoxy groups -OCH3 is 2. The average molecular weight is 484 g/mol. The van der Waals surface area contributed by atoms with Crippen LogP contribution in [-0.4, -0.2) is 67.7 Å². The molecule has 0 unspecified atom stereocenters. The van der Waals surface area contributed by atoms with Crippen molar-refractivity contribution in [3.63, 3.8) is 0 Å². The number of hydrogen-bond donors (Lipinski definition) is 1. The highest BCUT2D eigenvalue weighted by Gasteiger charge is 2.21. The first-order valence-electron chi connectivity index (χ1n) is 10.7. The Kier molecular flexibility index (Phi) is 7.24. The van der Waals surface area contributed by atoms with Gasteiger partial charge in [0.15, 0.2) is 5.13 Å². The van der Waals surface area contributed by atoms with Gasteiger partial charge in [-0.3, -0.25) is 19.8 Å². The fraction of sp³-hybridized carbons (Fsp3) is 0.304. The lowest BCUT2D eigenvalue weighted by molar-refractivity contribution is -0.384. The highest BCUT2D eigenvalue weighted by atomic mass is 32.1. The quantitative estimate of drug-likeness (QED) is 0.383. The van der Waals surface area contributed by atoms with Crippen molar-refractivity contribution < 1.29 is 19.2 Å². The Morgan fingerprint density at radius 2 is 1.94 bits per heavy atom. The predicted molar refractivity (Wildman–Crippen MR) is 131 cm³/mol. The Bertz CT molecular complexity index is 1180. The van der Waals surface area contributed by atoms with Crippen LogP contribution in [0.25, 0.3) is 11.3 Å². The summed E-state index contributed by atoms with van der Waals surface area (Å²) in [4.78, 5) is 31.9. The molecule has 34 heavy (non-hydrogen) atoms. The fourth-order valence-electron chi connectivity index (χ4n) is 3.79. The molecular formula is C23H25N5O5S. The second kappa shape index (κ2) is 10.5. The van der Waals surface area contributed by atoms with Crippen LogP contribution in [0.4, 0.5) is 16.5 Å². The molecule has 0 bridgehead atoms. The van der Waals surface area contributed by atoms with Crippen molar-refractivity contribution >= 4 is 33.8 Å². The van der Waals surface area contributed by atoms with E-state index in [-0.39, 0.29) is 18.1 Å². The molecule has 2 aromatic carbocycles. The van der Waals surface area contributed by atoms with Gasteiger partial charge in [0.25, 0.3) is 5.69 Å². The lowest BCUT2D eigenvalue weighted by Crippen LogP contribution is -2.48. The molecule has 0 spiro atoms. The predicted octanol–water partition coefficient (Wildman–Crippen LogP) is 3.50. The molecule has 10 nitrogen and oxygen atoms in total. The van der Waals surface area contributed by atoms with Gasteiger partial charge in [-0.2, -0.15) is 0 Å². The molecule has 1 aromatic heterocycles. The molecule has 1 aliphatic rings. The molecular weight excluding hydrogens is 458 g/mol. The van der Waals surface area contributed by atoms with Gasteiger partial charge in [-0.25, -0.2) is 4.98 Å². The zero-order valence-electron chi connectivity index (χ0n) is 18.9. The third-order valence-electron chi connectivity index (χ3n) is 5.58. The lowest BCUT2D eigenvalue weighted by atomic mass is 10.1. The van der Waals surface area contributed by atoms with E-state index < -0.39 is 4.92 Å². The molecule has 0 saturated carbocycles. The normalized spacial score (nSPS) is 14.0. The Hall–Kier alpha value is -3.70. The number of non-ortho nitro benzene ring substituents is 1. The molecule has 1 saturated heterocycles. The van der Waals surface area contributed by atoms with E-state index in [0.29, 0.717) is 48.5 Å². The maximum atomic E-state index is 12.6. The molecule has 1 amide bonds. The lowest BCUT2D eigenvalue weighted by Gasteiger charge is -2.35. The van der Waals surface area contributed by atoms with Gasteiger partial charge in [0, 0.05) is 61.0 Å². The van der Waals surface area contributed by atoms with Gasteiger partial charge in [-0.15, -0.1) is 11.3 Å². The molecule has 1 fully saturated rings. The van der Waals surface area contributed by atoms with Crippen LogP contribution < -0.4 is 19.7 Å². The van der Waals surface area contributed by atoms with Crippen LogP contribution in [0.3, 0.4) is 0 Å². The second-order valence-corrected chi connectivity index (χ2v) is 8.55. The second-order valence-electron chi connectivity index (χ2n) is 7.69. The summed E-state index contributed by atoms with van der Waals surface area (Å²) in [5.41, 5.74) is 2.43. The number of aromatic nitrogens is 1. The number of amides is 1. The smallest absolute Gasteiger partial charge is 0.271 e. The maximum Gasteiger partial charge on any atom is 0.271 e. The summed E-state index contributed by atoms with van der Waals surface area (Å²) in [6.07, 6.45) is 0. The minimum atomic E-state index is -0.390. The molecule has 3 aromatic rings. The van der Waals surface area contributed by atoms with Crippen LogP contribution in [0.5, 0.6) is 11.5 Å². The molecule has 11 heteroatoms. The first-order chi connectivity index (χ1) is 16.5. The number of piperazine rings is 1. The minimum absolute atomic E-state index is 0.0781. The number of carbonyl (C=O) groups is 1. The summed E-state index contributed by atoms with van der Waals surface area (Å²) >= 11 is 1.35. The zero-order chi connectivity index (χ0) is 24.1. The van der Waals surface area contributed by atoms with Crippen LogP contribution in [0.15, 0.2) is 47.8 Å². The van der Waals surface area contributed by atoms with Gasteiger partial charge in [-0.1, -0.05) is 6.07 Å². The van der Waals surface area contributed by atoms with Crippen molar-refractivity contribution in [2.75, 3.05) is 57.2 Å². The van der Waals surface area contributed by atoms with Gasteiger partial charge in [0.05, 0.1) is 31.4 Å². The summed E-state index contributed by atoms with van der Waals surface area (Å²) in [5.74, 6) is 1.20. The van der Waals surface area contributed by atoms with E-state index >= 15 is 0 Å². The number of nitrogens with one attached hydrogen (secondary N) is 1. The molecule has 2 heterocycles. The number of carbonyl (C=O) groups excluding carboxylic acids is 1. The van der Waals surface area contributed by atoms with Gasteiger partial charge in [0.1, 0.15) is 11.5 Å². The van der Waals surface area contributed by atoms with Crippen molar-refractivity contribution in [3.8, 4) is 22.8 Å². The highest BCUT2D eigenvalue weighted by Crippen LogP contribution is 2.34. The number of ether oxygens (including phenoxy) is 2. The summed E-state index contributed by atoms with van der Waals surface area (Å²) in [5, 5.41) is 16.3. The van der Waals surface area contributed by atoms with Crippen LogP contribution in [0.2, 0.25) is 0 Å². The Balaban J connectivity index is 1.31. The monoisotopic (exact) mass is 483 g/mol. The van der Waals surface area contributed by atoms with E-state index in [9.17, 15) is 14.9 Å². The van der Waals surface area contributed by atoms with Crippen LogP contribution in [0, 0.1) is 10.1 Å². The average Bonchev–Trinajstić information content (AvgIpc) is 3.32. The summed E-state index contributed by atoms with van der Waals surface area (Å²) < 4.78 is 10.7. The summed E-state index contributed by atoms with van der Waals surface area (Å²) in [6, 6.07) is 12.1. The SMILES string of the molecule is COc1ccc(-c2csc(NC(=O)CN3CCN(c4cccc([N+](=O)[O-])c4)CC3)n2)c(OC)c1. The van der Waals surface area contributed by atoms with Gasteiger partial charge >= 0.3 is 0 Å². The number of benzene rings is 2. The number of hydrogen-bond acceptors (Lipinski definition) is 9. The number of nitrogens with zero attached hydrogens (tertiary/aromatic N) is 4.